The lowest BCUT2D eigenvalue weighted by Crippen LogP contribution is -2.41. The maximum Gasteiger partial charge on any atom is 0.416 e. The molecule has 3 aromatic rings. The van der Waals surface area contributed by atoms with Crippen molar-refractivity contribution in [3.63, 3.8) is 0 Å². The highest BCUT2D eigenvalue weighted by Gasteiger charge is 2.33. The molecule has 1 fully saturated rings. The van der Waals surface area contributed by atoms with Gasteiger partial charge in [0.1, 0.15) is 16.7 Å². The molecule has 5 nitrogen and oxygen atoms in total. The second-order valence-electron chi connectivity index (χ2n) is 7.29. The normalized spacial score (nSPS) is 15.0. The Balaban J connectivity index is 1.51. The van der Waals surface area contributed by atoms with Crippen LogP contribution < -0.4 is 10.0 Å². The van der Waals surface area contributed by atoms with Crippen molar-refractivity contribution < 1.29 is 27.9 Å². The first-order valence-electron chi connectivity index (χ1n) is 9.45. The van der Waals surface area contributed by atoms with Gasteiger partial charge in [-0.25, -0.2) is 4.98 Å². The number of nitrogens with zero attached hydrogens (tertiary/aromatic N) is 2. The lowest BCUT2D eigenvalue weighted by molar-refractivity contribution is -0.910. The maximum atomic E-state index is 12.8. The van der Waals surface area contributed by atoms with E-state index in [0.717, 1.165) is 29.7 Å². The van der Waals surface area contributed by atoms with Crippen molar-refractivity contribution in [1.29, 1.82) is 0 Å². The zero-order valence-corrected chi connectivity index (χ0v) is 16.6. The third-order valence-electron chi connectivity index (χ3n) is 4.99. The fourth-order valence-electron chi connectivity index (χ4n) is 3.21. The molecule has 1 amide bonds. The molecule has 0 bridgehead atoms. The lowest BCUT2D eigenvalue weighted by atomic mass is 10.1. The van der Waals surface area contributed by atoms with Gasteiger partial charge in [-0.2, -0.15) is 13.2 Å². The van der Waals surface area contributed by atoms with Crippen LogP contribution in [0.1, 0.15) is 47.1 Å². The van der Waals surface area contributed by atoms with Crippen LogP contribution in [0.4, 0.5) is 13.2 Å². The van der Waals surface area contributed by atoms with Crippen molar-refractivity contribution in [2.75, 3.05) is 0 Å². The molecule has 0 saturated heterocycles. The number of hydrogen-bond donors (Lipinski definition) is 2. The van der Waals surface area contributed by atoms with Crippen LogP contribution in [0.2, 0.25) is 0 Å². The molecule has 1 aromatic carbocycles. The highest BCUT2D eigenvalue weighted by molar-refractivity contribution is 7.13. The van der Waals surface area contributed by atoms with E-state index in [-0.39, 0.29) is 17.6 Å². The van der Waals surface area contributed by atoms with Gasteiger partial charge in [0.25, 0.3) is 11.6 Å². The molecule has 156 valence electrons. The topological polar surface area (TPSA) is 66.1 Å². The highest BCUT2D eigenvalue weighted by Crippen LogP contribution is 2.37. The number of amides is 1. The van der Waals surface area contributed by atoms with E-state index in [4.69, 9.17) is 0 Å². The molecule has 2 aromatic heterocycles. The number of pyridine rings is 1. The maximum absolute atomic E-state index is 12.8. The molecule has 30 heavy (non-hydrogen) atoms. The van der Waals surface area contributed by atoms with Gasteiger partial charge < -0.3 is 5.32 Å². The Morgan fingerprint density at radius 3 is 2.60 bits per heavy atom. The predicted octanol–water partition coefficient (Wildman–Crippen LogP) is 4.62. The Morgan fingerprint density at radius 1 is 1.23 bits per heavy atom. The summed E-state index contributed by atoms with van der Waals surface area (Å²) in [4.78, 5) is 17.1. The standard InChI is InChI=1S/C21H18F3N3O2S/c22-21(23,24)15-8-6-14(7-9-15)20-26-17(12-30-20)19(28)25-16(11-13-4-5-13)18-3-1-2-10-27(18)29/h1-3,6-10,12-13,16H,4-5,11H2,(H-,25,28,29)/p+1. The number of thiazole rings is 1. The average molecular weight is 434 g/mol. The second-order valence-corrected chi connectivity index (χ2v) is 8.15. The highest BCUT2D eigenvalue weighted by atomic mass is 32.1. The first-order chi connectivity index (χ1) is 14.3. The van der Waals surface area contributed by atoms with E-state index in [1.807, 2.05) is 0 Å². The SMILES string of the molecule is O=C(NC(CC1CC1)c1cccc[n+]1O)c1csc(-c2ccc(C(F)(F)F)cc2)n1. The van der Waals surface area contributed by atoms with Gasteiger partial charge in [-0.3, -0.25) is 10.0 Å². The Labute approximate surface area is 174 Å². The smallest absolute Gasteiger partial charge is 0.338 e. The number of nitrogens with one attached hydrogen (secondary N) is 1. The molecular weight excluding hydrogens is 415 g/mol. The van der Waals surface area contributed by atoms with Gasteiger partial charge in [0.05, 0.1) is 5.56 Å². The number of aromatic nitrogens is 2. The summed E-state index contributed by atoms with van der Waals surface area (Å²) in [6.07, 6.45) is 0.0159. The van der Waals surface area contributed by atoms with E-state index in [0.29, 0.717) is 28.6 Å². The van der Waals surface area contributed by atoms with Gasteiger partial charge in [0, 0.05) is 27.8 Å². The van der Waals surface area contributed by atoms with Crippen LogP contribution in [0, 0.1) is 5.92 Å². The minimum atomic E-state index is -4.40. The quantitative estimate of drug-likeness (QED) is 0.439. The Hall–Kier alpha value is -2.94. The molecule has 1 saturated carbocycles. The number of carbonyl (C=O) groups is 1. The van der Waals surface area contributed by atoms with Gasteiger partial charge in [0.15, 0.2) is 0 Å². The molecule has 0 radical (unpaired) electrons. The number of benzene rings is 1. The molecule has 2 N–H and O–H groups in total. The molecule has 1 aliphatic rings. The van der Waals surface area contributed by atoms with Crippen molar-refractivity contribution in [2.24, 2.45) is 5.92 Å². The van der Waals surface area contributed by atoms with Gasteiger partial charge in [-0.15, -0.1) is 11.3 Å². The fraction of sp³-hybridized carbons (Fsp3) is 0.286. The monoisotopic (exact) mass is 434 g/mol. The summed E-state index contributed by atoms with van der Waals surface area (Å²) in [7, 11) is 0. The predicted molar refractivity (Wildman–Crippen MR) is 104 cm³/mol. The second kappa shape index (κ2) is 8.06. The fourth-order valence-corrected chi connectivity index (χ4v) is 4.01. The largest absolute Gasteiger partial charge is 0.416 e. The lowest BCUT2D eigenvalue weighted by Gasteiger charge is -2.14. The van der Waals surface area contributed by atoms with Crippen LogP contribution in [0.15, 0.2) is 54.0 Å². The number of carbonyl (C=O) groups excluding carboxylic acids is 1. The summed E-state index contributed by atoms with van der Waals surface area (Å²) in [6, 6.07) is 9.55. The first-order valence-corrected chi connectivity index (χ1v) is 10.3. The summed E-state index contributed by atoms with van der Waals surface area (Å²) >= 11 is 1.19. The Bertz CT molecular complexity index is 1050. The van der Waals surface area contributed by atoms with Gasteiger partial charge in [-0.1, -0.05) is 25.0 Å². The molecule has 4 rings (SSSR count). The van der Waals surface area contributed by atoms with Crippen molar-refractivity contribution in [3.8, 4) is 10.6 Å². The molecular formula is C21H19F3N3O2S+. The van der Waals surface area contributed by atoms with Crippen LogP contribution in [0.5, 0.6) is 0 Å². The molecule has 1 aliphatic carbocycles. The van der Waals surface area contributed by atoms with Crippen molar-refractivity contribution >= 4 is 17.2 Å². The number of alkyl halides is 3. The van der Waals surface area contributed by atoms with Crippen LogP contribution in [-0.4, -0.2) is 16.1 Å². The van der Waals surface area contributed by atoms with Crippen LogP contribution in [0.25, 0.3) is 10.6 Å². The number of halogens is 3. The van der Waals surface area contributed by atoms with Crippen LogP contribution in [0.3, 0.4) is 0 Å². The number of rotatable bonds is 6. The van der Waals surface area contributed by atoms with Gasteiger partial charge in [-0.05, 0) is 30.5 Å². The van der Waals surface area contributed by atoms with Crippen molar-refractivity contribution in [1.82, 2.24) is 10.3 Å². The summed E-state index contributed by atoms with van der Waals surface area (Å²) in [5.74, 6) is 0.118. The average Bonchev–Trinajstić information content (AvgIpc) is 3.39. The van der Waals surface area contributed by atoms with Crippen molar-refractivity contribution in [2.45, 2.75) is 31.5 Å². The van der Waals surface area contributed by atoms with Gasteiger partial charge >= 0.3 is 6.18 Å². The third-order valence-corrected chi connectivity index (χ3v) is 5.89. The van der Waals surface area contributed by atoms with E-state index in [2.05, 4.69) is 10.3 Å². The summed E-state index contributed by atoms with van der Waals surface area (Å²) in [5, 5.41) is 15.1. The Morgan fingerprint density at radius 2 is 1.97 bits per heavy atom. The molecule has 1 atom stereocenters. The van der Waals surface area contributed by atoms with Crippen LogP contribution >= 0.6 is 11.3 Å². The number of hydrogen-bond acceptors (Lipinski definition) is 4. The summed E-state index contributed by atoms with van der Waals surface area (Å²) < 4.78 is 39.2. The van der Waals surface area contributed by atoms with Gasteiger partial charge in [0.2, 0.25) is 6.20 Å². The van der Waals surface area contributed by atoms with E-state index >= 15 is 0 Å². The first kappa shape index (κ1) is 20.3. The minimum absolute atomic E-state index is 0.191. The zero-order chi connectivity index (χ0) is 21.3. The van der Waals surface area contributed by atoms with E-state index < -0.39 is 11.7 Å². The molecule has 1 unspecified atom stereocenters. The summed E-state index contributed by atoms with van der Waals surface area (Å²) in [5.41, 5.74) is 0.550. The van der Waals surface area contributed by atoms with E-state index in [1.165, 1.54) is 29.7 Å². The van der Waals surface area contributed by atoms with Crippen molar-refractivity contribution in [3.05, 3.63) is 71.0 Å². The molecule has 2 heterocycles. The van der Waals surface area contributed by atoms with Crippen LogP contribution in [-0.2, 0) is 6.18 Å². The molecule has 9 heteroatoms. The summed E-state index contributed by atoms with van der Waals surface area (Å²) in [6.45, 7) is 0. The minimum Gasteiger partial charge on any atom is -0.338 e. The zero-order valence-electron chi connectivity index (χ0n) is 15.8. The molecule has 0 aliphatic heterocycles. The molecule has 0 spiro atoms. The van der Waals surface area contributed by atoms with E-state index in [1.54, 1.807) is 23.6 Å². The Kier molecular flexibility index (Phi) is 5.46. The third kappa shape index (κ3) is 4.62. The van der Waals surface area contributed by atoms with E-state index in [9.17, 15) is 23.2 Å².